The quantitative estimate of drug-likeness (QED) is 0.734. The predicted octanol–water partition coefficient (Wildman–Crippen LogP) is 0.315. The summed E-state index contributed by atoms with van der Waals surface area (Å²) in [4.78, 5) is 27.6. The second-order valence-electron chi connectivity index (χ2n) is 6.13. The molecule has 1 heterocycles. The number of hydrogen-bond acceptors (Lipinski definition) is 4. The zero-order chi connectivity index (χ0) is 15.8. The minimum Gasteiger partial charge on any atom is -0.375 e. The first-order valence-electron chi connectivity index (χ1n) is 7.72. The SMILES string of the molecule is COCC(=O)N1CCN(C(=O)C[C@@H](CN)CC(C)C)CC1. The lowest BCUT2D eigenvalue weighted by atomic mass is 9.93. The van der Waals surface area contributed by atoms with E-state index in [-0.39, 0.29) is 24.3 Å². The van der Waals surface area contributed by atoms with E-state index in [2.05, 4.69) is 13.8 Å². The van der Waals surface area contributed by atoms with Gasteiger partial charge in [0.25, 0.3) is 0 Å². The number of nitrogens with two attached hydrogens (primary N) is 1. The molecule has 0 unspecified atom stereocenters. The molecule has 1 saturated heterocycles. The van der Waals surface area contributed by atoms with Gasteiger partial charge >= 0.3 is 0 Å². The van der Waals surface area contributed by atoms with Crippen molar-refractivity contribution in [2.45, 2.75) is 26.7 Å². The lowest BCUT2D eigenvalue weighted by Crippen LogP contribution is -2.51. The predicted molar refractivity (Wildman–Crippen MR) is 81.7 cm³/mol. The van der Waals surface area contributed by atoms with E-state index in [4.69, 9.17) is 10.5 Å². The van der Waals surface area contributed by atoms with Gasteiger partial charge in [-0.3, -0.25) is 9.59 Å². The van der Waals surface area contributed by atoms with Crippen molar-refractivity contribution in [1.29, 1.82) is 0 Å². The van der Waals surface area contributed by atoms with Crippen LogP contribution < -0.4 is 5.73 Å². The van der Waals surface area contributed by atoms with E-state index in [0.717, 1.165) is 6.42 Å². The zero-order valence-corrected chi connectivity index (χ0v) is 13.5. The standard InChI is InChI=1S/C15H29N3O3/c1-12(2)8-13(10-16)9-14(19)17-4-6-18(7-5-17)15(20)11-21-3/h12-13H,4-11,16H2,1-3H3/t13-/m0/s1. The van der Waals surface area contributed by atoms with E-state index in [1.807, 2.05) is 4.90 Å². The molecule has 122 valence electrons. The van der Waals surface area contributed by atoms with Gasteiger partial charge in [-0.15, -0.1) is 0 Å². The largest absolute Gasteiger partial charge is 0.375 e. The summed E-state index contributed by atoms with van der Waals surface area (Å²) in [7, 11) is 1.51. The fourth-order valence-corrected chi connectivity index (χ4v) is 2.73. The summed E-state index contributed by atoms with van der Waals surface area (Å²) < 4.78 is 4.85. The molecular formula is C15H29N3O3. The number of rotatable bonds is 7. The Hall–Kier alpha value is -1.14. The highest BCUT2D eigenvalue weighted by atomic mass is 16.5. The maximum absolute atomic E-state index is 12.3. The summed E-state index contributed by atoms with van der Waals surface area (Å²) in [5.74, 6) is 0.953. The molecule has 2 N–H and O–H groups in total. The van der Waals surface area contributed by atoms with Crippen molar-refractivity contribution >= 4 is 11.8 Å². The summed E-state index contributed by atoms with van der Waals surface area (Å²) in [6.45, 7) is 7.34. The fourth-order valence-electron chi connectivity index (χ4n) is 2.73. The summed E-state index contributed by atoms with van der Waals surface area (Å²) >= 11 is 0. The maximum Gasteiger partial charge on any atom is 0.248 e. The van der Waals surface area contributed by atoms with Gasteiger partial charge in [0.05, 0.1) is 0 Å². The summed E-state index contributed by atoms with van der Waals surface area (Å²) in [5, 5.41) is 0. The Bertz CT molecular complexity index is 339. The molecule has 1 aliphatic heterocycles. The average molecular weight is 299 g/mol. The van der Waals surface area contributed by atoms with Crippen LogP contribution in [0.15, 0.2) is 0 Å². The Morgan fingerprint density at radius 1 is 1.10 bits per heavy atom. The van der Waals surface area contributed by atoms with Gasteiger partial charge in [0.1, 0.15) is 6.61 Å². The molecule has 1 aliphatic rings. The Morgan fingerprint density at radius 2 is 1.62 bits per heavy atom. The highest BCUT2D eigenvalue weighted by Crippen LogP contribution is 2.16. The van der Waals surface area contributed by atoms with Crippen molar-refractivity contribution < 1.29 is 14.3 Å². The van der Waals surface area contributed by atoms with Crippen LogP contribution in [-0.2, 0) is 14.3 Å². The molecule has 0 spiro atoms. The van der Waals surface area contributed by atoms with Crippen LogP contribution in [0.3, 0.4) is 0 Å². The Labute approximate surface area is 127 Å². The number of carbonyl (C=O) groups excluding carboxylic acids is 2. The van der Waals surface area contributed by atoms with Crippen LogP contribution in [0, 0.1) is 11.8 Å². The molecule has 1 fully saturated rings. The number of methoxy groups -OCH3 is 1. The van der Waals surface area contributed by atoms with Crippen molar-refractivity contribution in [3.63, 3.8) is 0 Å². The Kier molecular flexibility index (Phi) is 7.67. The molecule has 2 amide bonds. The normalized spacial score (nSPS) is 17.2. The van der Waals surface area contributed by atoms with Gasteiger partial charge in [-0.05, 0) is 24.8 Å². The first-order valence-corrected chi connectivity index (χ1v) is 7.72. The molecule has 0 aromatic heterocycles. The van der Waals surface area contributed by atoms with Gasteiger partial charge in [-0.25, -0.2) is 0 Å². The Morgan fingerprint density at radius 3 is 2.05 bits per heavy atom. The number of nitrogens with zero attached hydrogens (tertiary/aromatic N) is 2. The van der Waals surface area contributed by atoms with E-state index in [0.29, 0.717) is 45.1 Å². The molecular weight excluding hydrogens is 270 g/mol. The molecule has 1 atom stereocenters. The lowest BCUT2D eigenvalue weighted by molar-refractivity contribution is -0.142. The van der Waals surface area contributed by atoms with Crippen LogP contribution in [0.25, 0.3) is 0 Å². The third kappa shape index (κ3) is 6.01. The third-order valence-corrected chi connectivity index (χ3v) is 3.85. The first-order chi connectivity index (χ1) is 9.97. The van der Waals surface area contributed by atoms with E-state index in [9.17, 15) is 9.59 Å². The smallest absolute Gasteiger partial charge is 0.248 e. The number of carbonyl (C=O) groups is 2. The molecule has 6 heteroatoms. The molecule has 0 radical (unpaired) electrons. The maximum atomic E-state index is 12.3. The number of amides is 2. The van der Waals surface area contributed by atoms with Crippen LogP contribution in [0.2, 0.25) is 0 Å². The zero-order valence-electron chi connectivity index (χ0n) is 13.5. The fraction of sp³-hybridized carbons (Fsp3) is 0.867. The highest BCUT2D eigenvalue weighted by molar-refractivity contribution is 5.79. The molecule has 6 nitrogen and oxygen atoms in total. The third-order valence-electron chi connectivity index (χ3n) is 3.85. The summed E-state index contributed by atoms with van der Waals surface area (Å²) in [6, 6.07) is 0. The number of hydrogen-bond donors (Lipinski definition) is 1. The average Bonchev–Trinajstić information content (AvgIpc) is 2.46. The van der Waals surface area contributed by atoms with Crippen LogP contribution in [0.5, 0.6) is 0 Å². The van der Waals surface area contributed by atoms with Gasteiger partial charge in [0, 0.05) is 39.7 Å². The summed E-state index contributed by atoms with van der Waals surface area (Å²) in [6.07, 6.45) is 1.50. The van der Waals surface area contributed by atoms with Crippen LogP contribution in [0.1, 0.15) is 26.7 Å². The van der Waals surface area contributed by atoms with Gasteiger partial charge in [0.2, 0.25) is 11.8 Å². The van der Waals surface area contributed by atoms with Crippen molar-refractivity contribution in [2.24, 2.45) is 17.6 Å². The molecule has 1 rings (SSSR count). The van der Waals surface area contributed by atoms with Gasteiger partial charge in [0.15, 0.2) is 0 Å². The van der Waals surface area contributed by atoms with Crippen molar-refractivity contribution in [3.8, 4) is 0 Å². The molecule has 0 bridgehead atoms. The molecule has 0 aliphatic carbocycles. The minimum atomic E-state index is -0.00996. The van der Waals surface area contributed by atoms with E-state index in [1.165, 1.54) is 7.11 Å². The first kappa shape index (κ1) is 17.9. The molecule has 0 aromatic carbocycles. The van der Waals surface area contributed by atoms with E-state index < -0.39 is 0 Å². The van der Waals surface area contributed by atoms with Crippen molar-refractivity contribution in [2.75, 3.05) is 46.4 Å². The van der Waals surface area contributed by atoms with Gasteiger partial charge in [-0.1, -0.05) is 13.8 Å². The van der Waals surface area contributed by atoms with Crippen molar-refractivity contribution in [3.05, 3.63) is 0 Å². The molecule has 0 saturated carbocycles. The van der Waals surface area contributed by atoms with Crippen LogP contribution in [0.4, 0.5) is 0 Å². The second kappa shape index (κ2) is 9.00. The second-order valence-corrected chi connectivity index (χ2v) is 6.13. The van der Waals surface area contributed by atoms with Gasteiger partial charge in [-0.2, -0.15) is 0 Å². The van der Waals surface area contributed by atoms with E-state index >= 15 is 0 Å². The molecule has 0 aromatic rings. The van der Waals surface area contributed by atoms with Gasteiger partial charge < -0.3 is 20.3 Å². The van der Waals surface area contributed by atoms with Crippen LogP contribution in [-0.4, -0.2) is 68.1 Å². The number of ether oxygens (including phenoxy) is 1. The Balaban J connectivity index is 2.39. The highest BCUT2D eigenvalue weighted by Gasteiger charge is 2.25. The molecule has 21 heavy (non-hydrogen) atoms. The van der Waals surface area contributed by atoms with E-state index in [1.54, 1.807) is 4.90 Å². The van der Waals surface area contributed by atoms with Crippen LogP contribution >= 0.6 is 0 Å². The topological polar surface area (TPSA) is 75.9 Å². The summed E-state index contributed by atoms with van der Waals surface area (Å²) in [5.41, 5.74) is 5.76. The minimum absolute atomic E-state index is 0.00996. The lowest BCUT2D eigenvalue weighted by Gasteiger charge is -2.35. The number of piperazine rings is 1. The van der Waals surface area contributed by atoms with Crippen molar-refractivity contribution in [1.82, 2.24) is 9.80 Å². The monoisotopic (exact) mass is 299 g/mol.